The van der Waals surface area contributed by atoms with Crippen molar-refractivity contribution in [3.63, 3.8) is 0 Å². The van der Waals surface area contributed by atoms with Gasteiger partial charge in [-0.3, -0.25) is 4.79 Å². The Morgan fingerprint density at radius 2 is 1.58 bits per heavy atom. The molecule has 1 atom stereocenters. The van der Waals surface area contributed by atoms with Crippen molar-refractivity contribution < 1.29 is 23.1 Å². The quantitative estimate of drug-likeness (QED) is 0.879. The standard InChI is InChI=1S/C18H18F3NO2/c1-2-13-8-10-15(11-9-13)17(24,18(19,20)21)16(23)22-12-14-6-4-3-5-7-14/h3-11,24H,2,12H2,1H3,(H,22,23)/t17-/m1/s1. The molecule has 0 aliphatic heterocycles. The van der Waals surface area contributed by atoms with E-state index in [1.807, 2.05) is 6.92 Å². The highest BCUT2D eigenvalue weighted by atomic mass is 19.4. The smallest absolute Gasteiger partial charge is 0.369 e. The molecule has 24 heavy (non-hydrogen) atoms. The zero-order valence-electron chi connectivity index (χ0n) is 13.1. The minimum absolute atomic E-state index is 0.106. The van der Waals surface area contributed by atoms with Gasteiger partial charge in [-0.05, 0) is 17.5 Å². The number of benzene rings is 2. The molecule has 0 radical (unpaired) electrons. The Labute approximate surface area is 138 Å². The number of carbonyl (C=O) groups excluding carboxylic acids is 1. The molecule has 6 heteroatoms. The van der Waals surface area contributed by atoms with Crippen molar-refractivity contribution in [2.75, 3.05) is 0 Å². The van der Waals surface area contributed by atoms with E-state index in [1.165, 1.54) is 12.1 Å². The van der Waals surface area contributed by atoms with Gasteiger partial charge in [0.1, 0.15) is 0 Å². The number of halogens is 3. The summed E-state index contributed by atoms with van der Waals surface area (Å²) in [6.07, 6.45) is -4.49. The second kappa shape index (κ2) is 7.05. The van der Waals surface area contributed by atoms with Crippen LogP contribution in [0.2, 0.25) is 0 Å². The summed E-state index contributed by atoms with van der Waals surface area (Å²) >= 11 is 0. The van der Waals surface area contributed by atoms with Gasteiger partial charge in [0.25, 0.3) is 11.5 Å². The highest BCUT2D eigenvalue weighted by Gasteiger charge is 2.60. The van der Waals surface area contributed by atoms with Crippen LogP contribution in [0.3, 0.4) is 0 Å². The minimum Gasteiger partial charge on any atom is -0.369 e. The molecule has 1 amide bonds. The number of rotatable bonds is 5. The maximum atomic E-state index is 13.4. The predicted octanol–water partition coefficient (Wildman–Crippen LogP) is 3.32. The Balaban J connectivity index is 2.27. The van der Waals surface area contributed by atoms with Crippen LogP contribution in [0.25, 0.3) is 0 Å². The van der Waals surface area contributed by atoms with Crippen LogP contribution in [0.5, 0.6) is 0 Å². The van der Waals surface area contributed by atoms with Gasteiger partial charge in [-0.2, -0.15) is 13.2 Å². The lowest BCUT2D eigenvalue weighted by molar-refractivity contribution is -0.257. The van der Waals surface area contributed by atoms with Gasteiger partial charge in [-0.15, -0.1) is 0 Å². The van der Waals surface area contributed by atoms with E-state index >= 15 is 0 Å². The first-order valence-electron chi connectivity index (χ1n) is 7.49. The summed E-state index contributed by atoms with van der Waals surface area (Å²) in [6, 6.07) is 13.7. The fraction of sp³-hybridized carbons (Fsp3) is 0.278. The fourth-order valence-corrected chi connectivity index (χ4v) is 2.31. The number of carbonyl (C=O) groups is 1. The van der Waals surface area contributed by atoms with Gasteiger partial charge < -0.3 is 10.4 Å². The van der Waals surface area contributed by atoms with Crippen molar-refractivity contribution in [3.05, 3.63) is 71.3 Å². The summed E-state index contributed by atoms with van der Waals surface area (Å²) in [5.41, 5.74) is -2.64. The van der Waals surface area contributed by atoms with Crippen LogP contribution in [0.15, 0.2) is 54.6 Å². The van der Waals surface area contributed by atoms with E-state index in [0.29, 0.717) is 12.0 Å². The third-order valence-electron chi connectivity index (χ3n) is 3.81. The molecular weight excluding hydrogens is 319 g/mol. The molecule has 0 aliphatic rings. The fourth-order valence-electron chi connectivity index (χ4n) is 2.31. The van der Waals surface area contributed by atoms with Crippen LogP contribution in [0.4, 0.5) is 13.2 Å². The van der Waals surface area contributed by atoms with E-state index in [2.05, 4.69) is 5.32 Å². The second-order valence-corrected chi connectivity index (χ2v) is 5.43. The van der Waals surface area contributed by atoms with Crippen molar-refractivity contribution >= 4 is 5.91 Å². The molecule has 0 aliphatic carbocycles. The van der Waals surface area contributed by atoms with E-state index in [-0.39, 0.29) is 6.54 Å². The monoisotopic (exact) mass is 337 g/mol. The van der Waals surface area contributed by atoms with E-state index in [0.717, 1.165) is 17.7 Å². The van der Waals surface area contributed by atoms with Crippen molar-refractivity contribution in [3.8, 4) is 0 Å². The maximum Gasteiger partial charge on any atom is 0.430 e. The third-order valence-corrected chi connectivity index (χ3v) is 3.81. The number of hydrogen-bond donors (Lipinski definition) is 2. The van der Waals surface area contributed by atoms with E-state index < -0.39 is 23.2 Å². The van der Waals surface area contributed by atoms with Gasteiger partial charge in [0, 0.05) is 12.1 Å². The molecule has 0 fully saturated rings. The van der Waals surface area contributed by atoms with Crippen molar-refractivity contribution in [2.45, 2.75) is 31.7 Å². The van der Waals surface area contributed by atoms with Crippen molar-refractivity contribution in [1.82, 2.24) is 5.32 Å². The van der Waals surface area contributed by atoms with Gasteiger partial charge in [0.2, 0.25) is 0 Å². The van der Waals surface area contributed by atoms with Gasteiger partial charge in [0.15, 0.2) is 0 Å². The van der Waals surface area contributed by atoms with Crippen LogP contribution in [0, 0.1) is 0 Å². The Morgan fingerprint density at radius 1 is 1.00 bits per heavy atom. The largest absolute Gasteiger partial charge is 0.430 e. The van der Waals surface area contributed by atoms with E-state index in [4.69, 9.17) is 0 Å². The molecule has 0 bridgehead atoms. The molecule has 2 aromatic carbocycles. The first kappa shape index (κ1) is 18.0. The highest BCUT2D eigenvalue weighted by molar-refractivity contribution is 5.87. The van der Waals surface area contributed by atoms with Crippen LogP contribution in [-0.4, -0.2) is 17.2 Å². The third kappa shape index (κ3) is 3.59. The summed E-state index contributed by atoms with van der Waals surface area (Å²) in [5, 5.41) is 12.4. The summed E-state index contributed by atoms with van der Waals surface area (Å²) in [4.78, 5) is 12.2. The molecular formula is C18H18F3NO2. The van der Waals surface area contributed by atoms with Gasteiger partial charge in [0.05, 0.1) is 0 Å². The van der Waals surface area contributed by atoms with Gasteiger partial charge >= 0.3 is 6.18 Å². The molecule has 2 rings (SSSR count). The van der Waals surface area contributed by atoms with Gasteiger partial charge in [-0.1, -0.05) is 61.5 Å². The normalized spacial score (nSPS) is 14.0. The number of hydrogen-bond acceptors (Lipinski definition) is 2. The highest BCUT2D eigenvalue weighted by Crippen LogP contribution is 2.39. The number of alkyl halides is 3. The Hall–Kier alpha value is -2.34. The SMILES string of the molecule is CCc1ccc([C@@](O)(C(=O)NCc2ccccc2)C(F)(F)F)cc1. The number of nitrogens with one attached hydrogen (secondary N) is 1. The first-order chi connectivity index (χ1) is 11.3. The van der Waals surface area contributed by atoms with Crippen LogP contribution in [0.1, 0.15) is 23.6 Å². The molecule has 0 unspecified atom stereocenters. The molecule has 3 nitrogen and oxygen atoms in total. The molecule has 128 valence electrons. The summed E-state index contributed by atoms with van der Waals surface area (Å²) < 4.78 is 40.3. The van der Waals surface area contributed by atoms with Gasteiger partial charge in [-0.25, -0.2) is 0 Å². The number of amides is 1. The average Bonchev–Trinajstić information content (AvgIpc) is 2.59. The van der Waals surface area contributed by atoms with Crippen LogP contribution in [-0.2, 0) is 23.4 Å². The molecule has 2 N–H and O–H groups in total. The molecule has 0 aromatic heterocycles. The lowest BCUT2D eigenvalue weighted by Gasteiger charge is -2.29. The Bertz CT molecular complexity index is 684. The zero-order valence-corrected chi connectivity index (χ0v) is 13.1. The number of aliphatic hydroxyl groups is 1. The lowest BCUT2D eigenvalue weighted by atomic mass is 9.91. The molecule has 0 saturated heterocycles. The maximum absolute atomic E-state index is 13.4. The second-order valence-electron chi connectivity index (χ2n) is 5.43. The zero-order chi connectivity index (χ0) is 17.8. The topological polar surface area (TPSA) is 49.3 Å². The molecule has 0 heterocycles. The average molecular weight is 337 g/mol. The Kier molecular flexibility index (Phi) is 5.29. The van der Waals surface area contributed by atoms with Crippen LogP contribution < -0.4 is 5.32 Å². The lowest BCUT2D eigenvalue weighted by Crippen LogP contribution is -2.54. The molecule has 0 spiro atoms. The molecule has 2 aromatic rings. The first-order valence-corrected chi connectivity index (χ1v) is 7.49. The van der Waals surface area contributed by atoms with E-state index in [1.54, 1.807) is 30.3 Å². The summed E-state index contributed by atoms with van der Waals surface area (Å²) in [6.45, 7) is 1.75. The molecule has 0 saturated carbocycles. The van der Waals surface area contributed by atoms with Crippen molar-refractivity contribution in [1.29, 1.82) is 0 Å². The van der Waals surface area contributed by atoms with Crippen LogP contribution >= 0.6 is 0 Å². The summed E-state index contributed by atoms with van der Waals surface area (Å²) in [7, 11) is 0. The van der Waals surface area contributed by atoms with Crippen molar-refractivity contribution in [2.24, 2.45) is 0 Å². The number of aryl methyl sites for hydroxylation is 1. The minimum atomic E-state index is -5.14. The Morgan fingerprint density at radius 3 is 2.08 bits per heavy atom. The predicted molar refractivity (Wildman–Crippen MR) is 84.1 cm³/mol. The summed E-state index contributed by atoms with van der Waals surface area (Å²) in [5.74, 6) is -1.50. The van der Waals surface area contributed by atoms with E-state index in [9.17, 15) is 23.1 Å².